The van der Waals surface area contributed by atoms with Gasteiger partial charge in [0, 0.05) is 13.2 Å². The molecule has 15 heavy (non-hydrogen) atoms. The van der Waals surface area contributed by atoms with Gasteiger partial charge in [-0.1, -0.05) is 26.7 Å². The average Bonchev–Trinajstić information content (AvgIpc) is 2.25. The molecule has 0 unspecified atom stereocenters. The van der Waals surface area contributed by atoms with Crippen LogP contribution in [0.1, 0.15) is 46.5 Å². The van der Waals surface area contributed by atoms with Crippen molar-refractivity contribution in [2.24, 2.45) is 0 Å². The predicted octanol–water partition coefficient (Wildman–Crippen LogP) is 2.05. The molecule has 0 saturated heterocycles. The molecule has 0 bridgehead atoms. The second-order valence-electron chi connectivity index (χ2n) is 3.51. The van der Waals surface area contributed by atoms with Gasteiger partial charge in [0.05, 0.1) is 0 Å². The number of ether oxygens (including phenoxy) is 2. The molecule has 2 nitrogen and oxygen atoms in total. The molecule has 0 rings (SSSR count). The predicted molar refractivity (Wildman–Crippen MR) is 67.5 cm³/mol. The molecule has 0 aromatic heterocycles. The van der Waals surface area contributed by atoms with Crippen molar-refractivity contribution in [3.05, 3.63) is 0 Å². The Hall–Kier alpha value is -0.303. The van der Waals surface area contributed by atoms with Gasteiger partial charge in [-0.3, -0.25) is 0 Å². The summed E-state index contributed by atoms with van der Waals surface area (Å²) < 4.78 is 11.3. The van der Waals surface area contributed by atoms with Crippen LogP contribution < -0.4 is 0 Å². The molecule has 0 aromatic rings. The SMILES string of the molecule is CC#C[SiH2]C(OCCCC)OCCCC. The summed E-state index contributed by atoms with van der Waals surface area (Å²) in [4.78, 5) is 0. The summed E-state index contributed by atoms with van der Waals surface area (Å²) in [7, 11) is -0.536. The zero-order chi connectivity index (χ0) is 11.4. The van der Waals surface area contributed by atoms with Gasteiger partial charge in [0.15, 0.2) is 9.52 Å². The molecule has 88 valence electrons. The van der Waals surface area contributed by atoms with Gasteiger partial charge in [-0.15, -0.1) is 11.5 Å². The normalized spacial score (nSPS) is 10.9. The van der Waals surface area contributed by atoms with Crippen LogP contribution in [0, 0.1) is 11.5 Å². The van der Waals surface area contributed by atoms with E-state index in [4.69, 9.17) is 9.47 Å². The molecule has 0 amide bonds. The van der Waals surface area contributed by atoms with Crippen LogP contribution in [0.3, 0.4) is 0 Å². The molecule has 0 heterocycles. The van der Waals surface area contributed by atoms with E-state index in [1.807, 2.05) is 6.92 Å². The first-order valence-electron chi connectivity index (χ1n) is 5.97. The van der Waals surface area contributed by atoms with Gasteiger partial charge in [-0.2, -0.15) is 0 Å². The molecule has 0 saturated carbocycles. The van der Waals surface area contributed by atoms with Crippen molar-refractivity contribution < 1.29 is 9.47 Å². The van der Waals surface area contributed by atoms with Gasteiger partial charge in [0.1, 0.15) is 5.91 Å². The average molecular weight is 228 g/mol. The van der Waals surface area contributed by atoms with Crippen molar-refractivity contribution in [1.82, 2.24) is 0 Å². The Balaban J connectivity index is 3.66. The first kappa shape index (κ1) is 14.7. The Morgan fingerprint density at radius 1 is 1.07 bits per heavy atom. The molecule has 0 aliphatic heterocycles. The summed E-state index contributed by atoms with van der Waals surface area (Å²) in [5.41, 5.74) is 3.14. The largest absolute Gasteiger partial charge is 0.356 e. The Morgan fingerprint density at radius 2 is 1.60 bits per heavy atom. The summed E-state index contributed by atoms with van der Waals surface area (Å²) in [6.07, 6.45) is 4.56. The smallest absolute Gasteiger partial charge is 0.172 e. The molecule has 0 aliphatic rings. The summed E-state index contributed by atoms with van der Waals surface area (Å²) in [5.74, 6) is 2.94. The van der Waals surface area contributed by atoms with Crippen LogP contribution in [0.4, 0.5) is 0 Å². The highest BCUT2D eigenvalue weighted by Crippen LogP contribution is 1.99. The van der Waals surface area contributed by atoms with Gasteiger partial charge in [0.2, 0.25) is 0 Å². The van der Waals surface area contributed by atoms with E-state index in [1.54, 1.807) is 0 Å². The minimum Gasteiger partial charge on any atom is -0.356 e. The lowest BCUT2D eigenvalue weighted by Crippen LogP contribution is -2.25. The van der Waals surface area contributed by atoms with Crippen LogP contribution in [0.25, 0.3) is 0 Å². The first-order chi connectivity index (χ1) is 7.35. The third-order valence-electron chi connectivity index (χ3n) is 2.05. The fraction of sp³-hybridized carbons (Fsp3) is 0.833. The lowest BCUT2D eigenvalue weighted by atomic mass is 10.4. The fourth-order valence-electron chi connectivity index (χ4n) is 1.07. The van der Waals surface area contributed by atoms with Crippen molar-refractivity contribution in [2.75, 3.05) is 13.2 Å². The van der Waals surface area contributed by atoms with Crippen molar-refractivity contribution in [3.63, 3.8) is 0 Å². The van der Waals surface area contributed by atoms with E-state index < -0.39 is 9.52 Å². The molecule has 0 N–H and O–H groups in total. The van der Waals surface area contributed by atoms with Crippen LogP contribution >= 0.6 is 0 Å². The van der Waals surface area contributed by atoms with E-state index >= 15 is 0 Å². The molecule has 3 heteroatoms. The van der Waals surface area contributed by atoms with Crippen LogP contribution in [-0.2, 0) is 9.47 Å². The van der Waals surface area contributed by atoms with Gasteiger partial charge in [0.25, 0.3) is 0 Å². The van der Waals surface area contributed by atoms with E-state index in [0.717, 1.165) is 26.1 Å². The zero-order valence-electron chi connectivity index (χ0n) is 10.3. The minimum atomic E-state index is -0.536. The molecule has 0 radical (unpaired) electrons. The number of rotatable bonds is 9. The van der Waals surface area contributed by atoms with Crippen LogP contribution in [0.2, 0.25) is 0 Å². The number of hydrogen-bond acceptors (Lipinski definition) is 2. The highest BCUT2D eigenvalue weighted by molar-refractivity contribution is 6.47. The second kappa shape index (κ2) is 11.8. The van der Waals surface area contributed by atoms with Crippen LogP contribution in [-0.4, -0.2) is 28.6 Å². The van der Waals surface area contributed by atoms with Gasteiger partial charge >= 0.3 is 0 Å². The molecule has 0 atom stereocenters. The maximum absolute atomic E-state index is 5.67. The highest BCUT2D eigenvalue weighted by Gasteiger charge is 2.07. The molecule has 0 aromatic carbocycles. The van der Waals surface area contributed by atoms with Crippen LogP contribution in [0.5, 0.6) is 0 Å². The van der Waals surface area contributed by atoms with Crippen molar-refractivity contribution in [2.45, 2.75) is 52.4 Å². The fourth-order valence-corrected chi connectivity index (χ4v) is 2.01. The van der Waals surface area contributed by atoms with Crippen molar-refractivity contribution >= 4 is 9.52 Å². The lowest BCUT2D eigenvalue weighted by Gasteiger charge is -2.15. The second-order valence-corrected chi connectivity index (χ2v) is 4.94. The van der Waals surface area contributed by atoms with Gasteiger partial charge in [-0.05, 0) is 19.8 Å². The molecular weight excluding hydrogens is 204 g/mol. The Morgan fingerprint density at radius 3 is 2.00 bits per heavy atom. The van der Waals surface area contributed by atoms with E-state index in [0.29, 0.717) is 0 Å². The van der Waals surface area contributed by atoms with Crippen molar-refractivity contribution in [3.8, 4) is 11.5 Å². The van der Waals surface area contributed by atoms with E-state index in [1.165, 1.54) is 12.8 Å². The zero-order valence-corrected chi connectivity index (χ0v) is 11.8. The summed E-state index contributed by atoms with van der Waals surface area (Å²) in [6, 6.07) is 0. The van der Waals surface area contributed by atoms with Gasteiger partial charge in [-0.25, -0.2) is 0 Å². The highest BCUT2D eigenvalue weighted by atomic mass is 28.2. The van der Waals surface area contributed by atoms with E-state index in [2.05, 4.69) is 25.3 Å². The third-order valence-corrected chi connectivity index (χ3v) is 3.41. The van der Waals surface area contributed by atoms with E-state index in [9.17, 15) is 0 Å². The van der Waals surface area contributed by atoms with E-state index in [-0.39, 0.29) is 5.91 Å². The monoisotopic (exact) mass is 228 g/mol. The molecular formula is C12H24O2Si. The van der Waals surface area contributed by atoms with Crippen LogP contribution in [0.15, 0.2) is 0 Å². The standard InChI is InChI=1S/C12H24O2Si/c1-4-7-9-13-12(15-11-6-3)14-10-8-5-2/h12H,4-5,7-10,15H2,1-3H3. The minimum absolute atomic E-state index is 0.00977. The summed E-state index contributed by atoms with van der Waals surface area (Å²) >= 11 is 0. The number of unbranched alkanes of at least 4 members (excludes halogenated alkanes) is 2. The maximum atomic E-state index is 5.67. The number of hydrogen-bond donors (Lipinski definition) is 0. The summed E-state index contributed by atoms with van der Waals surface area (Å²) in [5, 5.41) is 0. The lowest BCUT2D eigenvalue weighted by molar-refractivity contribution is -0.0910. The third kappa shape index (κ3) is 9.99. The molecule has 0 fully saturated rings. The topological polar surface area (TPSA) is 18.5 Å². The Bertz CT molecular complexity index is 174. The van der Waals surface area contributed by atoms with Crippen molar-refractivity contribution in [1.29, 1.82) is 0 Å². The summed E-state index contributed by atoms with van der Waals surface area (Å²) in [6.45, 7) is 7.83. The molecule has 0 aliphatic carbocycles. The van der Waals surface area contributed by atoms with Gasteiger partial charge < -0.3 is 9.47 Å². The maximum Gasteiger partial charge on any atom is 0.172 e. The Kier molecular flexibility index (Phi) is 11.5. The first-order valence-corrected chi connectivity index (χ1v) is 7.50. The molecule has 0 spiro atoms. The quantitative estimate of drug-likeness (QED) is 0.260. The Labute approximate surface area is 96.6 Å².